The molecule has 0 bridgehead atoms. The van der Waals surface area contributed by atoms with Crippen LogP contribution < -0.4 is 33.2 Å². The third-order valence-electron chi connectivity index (χ3n) is 7.72. The second-order valence-electron chi connectivity index (χ2n) is 11.3. The highest BCUT2D eigenvalue weighted by Crippen LogP contribution is 2.32. The normalized spacial score (nSPS) is 40.5. The maximum Gasteiger partial charge on any atom is 0.250 e. The van der Waals surface area contributed by atoms with E-state index in [1.807, 2.05) is 0 Å². The summed E-state index contributed by atoms with van der Waals surface area (Å²) in [5.74, 6) is -0.328. The lowest BCUT2D eigenvalue weighted by Gasteiger charge is -2.48. The van der Waals surface area contributed by atoms with Gasteiger partial charge >= 0.3 is 0 Å². The maximum atomic E-state index is 12.5. The van der Waals surface area contributed by atoms with E-state index in [1.54, 1.807) is 13.1 Å². The van der Waals surface area contributed by atoms with Gasteiger partial charge in [-0.3, -0.25) is 4.79 Å². The van der Waals surface area contributed by atoms with Gasteiger partial charge in [0.05, 0.1) is 44.0 Å². The number of likely N-dealkylation sites (N-methyl/N-ethyl adjacent to an activating group) is 1. The number of aliphatic hydroxyl groups is 6. The number of nitrogens with two attached hydrogens (primary N) is 3. The van der Waals surface area contributed by atoms with Crippen molar-refractivity contribution in [3.05, 3.63) is 11.8 Å². The maximum absolute atomic E-state index is 12.5. The molecule has 1 aliphatic carbocycles. The molecule has 3 aliphatic rings. The zero-order chi connectivity index (χ0) is 31.2. The summed E-state index contributed by atoms with van der Waals surface area (Å²) in [5, 5.41) is 69.8. The van der Waals surface area contributed by atoms with E-state index in [2.05, 4.69) is 16.0 Å². The molecule has 15 N–H and O–H groups in total. The number of rotatable bonds is 13. The Morgan fingerprint density at radius 1 is 1.17 bits per heavy atom. The Kier molecular flexibility index (Phi) is 12.8. The van der Waals surface area contributed by atoms with Crippen LogP contribution in [-0.4, -0.2) is 155 Å². The SMILES string of the molecule is CN[C@@H]1[C@@H](O)[C@@H](O[C@@H]2[C@@H](O)[C@H](O[C@H]3OC(CNCC(O)CO)=CC[C@H]3N)[C@@H](N)C[C@H]2NC(=O)[C@H](O)CN)OC[C@]1(C)O. The molecule has 2 aliphatic heterocycles. The van der Waals surface area contributed by atoms with Gasteiger partial charge in [0, 0.05) is 19.1 Å². The van der Waals surface area contributed by atoms with Crippen LogP contribution in [-0.2, 0) is 23.7 Å². The summed E-state index contributed by atoms with van der Waals surface area (Å²) in [4.78, 5) is 12.5. The van der Waals surface area contributed by atoms with Gasteiger partial charge in [-0.25, -0.2) is 0 Å². The van der Waals surface area contributed by atoms with Crippen LogP contribution in [0.4, 0.5) is 0 Å². The predicted octanol–water partition coefficient (Wildman–Crippen LogP) is -6.39. The van der Waals surface area contributed by atoms with E-state index < -0.39 is 91.5 Å². The zero-order valence-electron chi connectivity index (χ0n) is 23.9. The molecule has 3 rings (SSSR count). The number of ether oxygens (including phenoxy) is 4. The fraction of sp³-hybridized carbons (Fsp3) is 0.880. The van der Waals surface area contributed by atoms with Crippen LogP contribution in [0.5, 0.6) is 0 Å². The van der Waals surface area contributed by atoms with Crippen molar-refractivity contribution in [3.63, 3.8) is 0 Å². The van der Waals surface area contributed by atoms with Crippen LogP contribution >= 0.6 is 0 Å². The minimum Gasteiger partial charge on any atom is -0.467 e. The first-order chi connectivity index (χ1) is 19.8. The molecular formula is C25H48N6O11. The van der Waals surface area contributed by atoms with Crippen molar-refractivity contribution >= 4 is 5.91 Å². The summed E-state index contributed by atoms with van der Waals surface area (Å²) in [6.07, 6.45) is -7.85. The number of carbonyl (C=O) groups excluding carboxylic acids is 1. The first-order valence-corrected chi connectivity index (χ1v) is 14.1. The molecular weight excluding hydrogens is 560 g/mol. The summed E-state index contributed by atoms with van der Waals surface area (Å²) in [7, 11) is 1.56. The number of aliphatic hydroxyl groups excluding tert-OH is 5. The molecule has 244 valence electrons. The Balaban J connectivity index is 1.76. The number of hydrogen-bond donors (Lipinski definition) is 12. The van der Waals surface area contributed by atoms with E-state index in [1.165, 1.54) is 6.92 Å². The largest absolute Gasteiger partial charge is 0.467 e. The second-order valence-corrected chi connectivity index (χ2v) is 11.3. The van der Waals surface area contributed by atoms with E-state index in [4.69, 9.17) is 41.3 Å². The van der Waals surface area contributed by atoms with Crippen LogP contribution in [0, 0.1) is 0 Å². The average Bonchev–Trinajstić information content (AvgIpc) is 2.94. The summed E-state index contributed by atoms with van der Waals surface area (Å²) < 4.78 is 23.6. The quantitative estimate of drug-likeness (QED) is 0.0925. The van der Waals surface area contributed by atoms with Gasteiger partial charge in [0.25, 0.3) is 0 Å². The molecule has 2 heterocycles. The van der Waals surface area contributed by atoms with Gasteiger partial charge in [0.1, 0.15) is 41.9 Å². The lowest BCUT2D eigenvalue weighted by Crippen LogP contribution is -2.69. The standard InChI is InChI=1S/C25H48N6O11/c1-25(38)10-39-24(18(36)21(25)29-2)42-20-15(31-22(37)16(34)6-26)5-14(28)19(17(20)35)41-23-13(27)4-3-12(40-23)8-30-7-11(33)9-32/h3,11,13-21,23-24,29-30,32-36,38H,4-10,26-28H2,1-2H3,(H,31,37)/t11?,13-,14+,15-,16-,17+,18-,19-,20+,21-,23-,24-,25+/m1/s1. The molecule has 42 heavy (non-hydrogen) atoms. The Morgan fingerprint density at radius 2 is 1.86 bits per heavy atom. The van der Waals surface area contributed by atoms with Crippen LogP contribution in [0.3, 0.4) is 0 Å². The van der Waals surface area contributed by atoms with Crippen molar-refractivity contribution in [2.45, 2.75) is 98.7 Å². The highest BCUT2D eigenvalue weighted by molar-refractivity contribution is 5.81. The van der Waals surface area contributed by atoms with E-state index in [0.717, 1.165) is 0 Å². The van der Waals surface area contributed by atoms with Gasteiger partial charge in [-0.15, -0.1) is 0 Å². The Labute approximate surface area is 244 Å². The van der Waals surface area contributed by atoms with Gasteiger partial charge in [-0.1, -0.05) is 0 Å². The number of amides is 1. The van der Waals surface area contributed by atoms with Crippen LogP contribution in [0.25, 0.3) is 0 Å². The Bertz CT molecular complexity index is 901. The molecule has 2 fully saturated rings. The van der Waals surface area contributed by atoms with E-state index >= 15 is 0 Å². The first kappa shape index (κ1) is 34.9. The van der Waals surface area contributed by atoms with Gasteiger partial charge < -0.3 is 82.7 Å². The molecule has 0 aromatic rings. The first-order valence-electron chi connectivity index (χ1n) is 14.1. The molecule has 0 aromatic heterocycles. The third kappa shape index (κ3) is 8.54. The topological polar surface area (TPSA) is 290 Å². The van der Waals surface area contributed by atoms with Crippen molar-refractivity contribution in [3.8, 4) is 0 Å². The zero-order valence-corrected chi connectivity index (χ0v) is 23.9. The van der Waals surface area contributed by atoms with E-state index in [-0.39, 0.29) is 32.7 Å². The monoisotopic (exact) mass is 608 g/mol. The number of nitrogens with one attached hydrogen (secondary N) is 3. The van der Waals surface area contributed by atoms with Crippen LogP contribution in [0.15, 0.2) is 11.8 Å². The minimum atomic E-state index is -1.51. The predicted molar refractivity (Wildman–Crippen MR) is 146 cm³/mol. The Hall–Kier alpha value is -1.55. The molecule has 0 radical (unpaired) electrons. The number of hydrogen-bond acceptors (Lipinski definition) is 16. The van der Waals surface area contributed by atoms with Crippen molar-refractivity contribution in [1.29, 1.82) is 0 Å². The second kappa shape index (κ2) is 15.4. The van der Waals surface area contributed by atoms with Gasteiger partial charge in [-0.05, 0) is 32.9 Å². The molecule has 0 aromatic carbocycles. The van der Waals surface area contributed by atoms with Crippen molar-refractivity contribution in [2.75, 3.05) is 39.9 Å². The molecule has 17 heteroatoms. The molecule has 1 saturated carbocycles. The summed E-state index contributed by atoms with van der Waals surface area (Å²) in [6, 6.07) is -3.27. The number of carbonyl (C=O) groups is 1. The Morgan fingerprint density at radius 3 is 2.50 bits per heavy atom. The lowest BCUT2D eigenvalue weighted by atomic mass is 9.83. The summed E-state index contributed by atoms with van der Waals surface area (Å²) >= 11 is 0. The lowest BCUT2D eigenvalue weighted by molar-refractivity contribution is -0.304. The molecule has 1 unspecified atom stereocenters. The van der Waals surface area contributed by atoms with Gasteiger partial charge in [-0.2, -0.15) is 0 Å². The van der Waals surface area contributed by atoms with Crippen molar-refractivity contribution in [1.82, 2.24) is 16.0 Å². The van der Waals surface area contributed by atoms with Crippen LogP contribution in [0.1, 0.15) is 19.8 Å². The molecule has 17 nitrogen and oxygen atoms in total. The van der Waals surface area contributed by atoms with Crippen LogP contribution in [0.2, 0.25) is 0 Å². The van der Waals surface area contributed by atoms with E-state index in [9.17, 15) is 30.3 Å². The summed E-state index contributed by atoms with van der Waals surface area (Å²) in [6.45, 7) is 0.908. The highest BCUT2D eigenvalue weighted by Gasteiger charge is 2.51. The van der Waals surface area contributed by atoms with Crippen molar-refractivity contribution in [2.24, 2.45) is 17.2 Å². The fourth-order valence-corrected chi connectivity index (χ4v) is 5.33. The molecule has 0 spiro atoms. The fourth-order valence-electron chi connectivity index (χ4n) is 5.33. The minimum absolute atomic E-state index is 0.0245. The smallest absolute Gasteiger partial charge is 0.250 e. The average molecular weight is 609 g/mol. The van der Waals surface area contributed by atoms with Gasteiger partial charge in [0.2, 0.25) is 12.2 Å². The molecule has 13 atom stereocenters. The van der Waals surface area contributed by atoms with Crippen molar-refractivity contribution < 1.29 is 54.4 Å². The van der Waals surface area contributed by atoms with E-state index in [0.29, 0.717) is 12.2 Å². The third-order valence-corrected chi connectivity index (χ3v) is 7.72. The van der Waals surface area contributed by atoms with Gasteiger partial charge in [0.15, 0.2) is 6.29 Å². The highest BCUT2D eigenvalue weighted by atomic mass is 16.7. The molecule has 1 amide bonds. The summed E-state index contributed by atoms with van der Waals surface area (Å²) in [5.41, 5.74) is 16.6. The molecule has 1 saturated heterocycles.